The number of fused-ring (bicyclic) bond motifs is 2. The van der Waals surface area contributed by atoms with Crippen molar-refractivity contribution in [1.29, 1.82) is 0 Å². The highest BCUT2D eigenvalue weighted by Crippen LogP contribution is 2.34. The van der Waals surface area contributed by atoms with Crippen molar-refractivity contribution < 1.29 is 28.1 Å². The van der Waals surface area contributed by atoms with Crippen molar-refractivity contribution >= 4 is 21.9 Å². The summed E-state index contributed by atoms with van der Waals surface area (Å²) in [5, 5.41) is 25.2. The average Bonchev–Trinajstić information content (AvgIpc) is 2.82. The maximum Gasteiger partial charge on any atom is 0.344 e. The summed E-state index contributed by atoms with van der Waals surface area (Å²) in [5.74, 6) is -0.188. The number of benzene rings is 2. The molecular formula is C25H25NO8. The van der Waals surface area contributed by atoms with Crippen LogP contribution in [0.1, 0.15) is 5.56 Å². The van der Waals surface area contributed by atoms with Crippen LogP contribution in [0, 0.1) is 5.21 Å². The van der Waals surface area contributed by atoms with Crippen LogP contribution in [0.2, 0.25) is 0 Å². The maximum absolute atomic E-state index is 13.5. The lowest BCUT2D eigenvalue weighted by molar-refractivity contribution is -0.894. The molecule has 9 nitrogen and oxygen atoms in total. The van der Waals surface area contributed by atoms with Crippen LogP contribution in [0.25, 0.3) is 33.1 Å². The third-order valence-electron chi connectivity index (χ3n) is 5.77. The molecule has 0 bridgehead atoms. The van der Waals surface area contributed by atoms with E-state index in [0.29, 0.717) is 21.9 Å². The predicted octanol–water partition coefficient (Wildman–Crippen LogP) is 3.38. The molecule has 0 fully saturated rings. The summed E-state index contributed by atoms with van der Waals surface area (Å²) >= 11 is 0. The summed E-state index contributed by atoms with van der Waals surface area (Å²) in [5.41, 5.74) is -0.229. The topological polar surface area (TPSA) is 122 Å². The van der Waals surface area contributed by atoms with Crippen molar-refractivity contribution in [3.8, 4) is 16.9 Å². The molecule has 4 rings (SSSR count). The fraction of sp³-hybridized carbons (Fsp3) is 0.280. The van der Waals surface area contributed by atoms with Gasteiger partial charge in [-0.1, -0.05) is 18.2 Å². The van der Waals surface area contributed by atoms with Gasteiger partial charge in [0.1, 0.15) is 31.0 Å². The number of nitrogens with zero attached hydrogens (tertiary/aromatic N) is 1. The van der Waals surface area contributed by atoms with Crippen molar-refractivity contribution in [2.75, 3.05) is 40.5 Å². The molecule has 4 aromatic rings. The molecule has 0 aliphatic carbocycles. The minimum absolute atomic E-state index is 0.0447. The van der Waals surface area contributed by atoms with Crippen LogP contribution in [-0.4, -0.2) is 50.3 Å². The van der Waals surface area contributed by atoms with Gasteiger partial charge in [-0.2, -0.15) is 0 Å². The Morgan fingerprint density at radius 2 is 1.65 bits per heavy atom. The van der Waals surface area contributed by atoms with E-state index in [4.69, 9.17) is 18.3 Å². The summed E-state index contributed by atoms with van der Waals surface area (Å²) in [4.78, 5) is 25.3. The van der Waals surface area contributed by atoms with Gasteiger partial charge in [-0.3, -0.25) is 0 Å². The molecule has 0 spiro atoms. The standard InChI is InChI=1S/C25H25NO8/c1-31-11-9-26(30,10-12-32-2)15-20-21(27)8-7-17-18(14-23(28)34-24(17)20)19-13-16-5-3-4-6-22(16)33-25(19)29/h3-8,13-14,27H,9-12,15H2,1-2H3. The smallest absolute Gasteiger partial charge is 0.344 e. The Balaban J connectivity index is 1.90. The Labute approximate surface area is 194 Å². The molecule has 0 saturated heterocycles. The van der Waals surface area contributed by atoms with Gasteiger partial charge in [0.25, 0.3) is 0 Å². The number of hydrogen-bond acceptors (Lipinski definition) is 8. The van der Waals surface area contributed by atoms with Gasteiger partial charge in [0.05, 0.1) is 24.3 Å². The number of ether oxygens (including phenoxy) is 2. The molecule has 0 aliphatic heterocycles. The second kappa shape index (κ2) is 9.78. The average molecular weight is 467 g/mol. The predicted molar refractivity (Wildman–Crippen MR) is 126 cm³/mol. The molecule has 2 aromatic carbocycles. The second-order valence-corrected chi connectivity index (χ2v) is 8.05. The highest BCUT2D eigenvalue weighted by atomic mass is 16.6. The molecule has 0 saturated carbocycles. The largest absolute Gasteiger partial charge is 0.632 e. The third kappa shape index (κ3) is 4.73. The van der Waals surface area contributed by atoms with E-state index in [1.165, 1.54) is 26.4 Å². The summed E-state index contributed by atoms with van der Waals surface area (Å²) in [6.07, 6.45) is 0. The molecule has 9 heteroatoms. The van der Waals surface area contributed by atoms with Crippen LogP contribution in [-0.2, 0) is 16.0 Å². The first-order valence-electron chi connectivity index (χ1n) is 10.7. The fourth-order valence-corrected chi connectivity index (χ4v) is 3.97. The Morgan fingerprint density at radius 3 is 2.35 bits per heavy atom. The van der Waals surface area contributed by atoms with Crippen LogP contribution in [0.15, 0.2) is 67.0 Å². The molecule has 1 N–H and O–H groups in total. The Hall–Kier alpha value is -3.50. The minimum Gasteiger partial charge on any atom is -0.632 e. The van der Waals surface area contributed by atoms with Crippen molar-refractivity contribution in [2.45, 2.75) is 6.54 Å². The van der Waals surface area contributed by atoms with E-state index in [0.717, 1.165) is 0 Å². The van der Waals surface area contributed by atoms with Crippen LogP contribution in [0.5, 0.6) is 5.75 Å². The molecule has 34 heavy (non-hydrogen) atoms. The highest BCUT2D eigenvalue weighted by molar-refractivity contribution is 5.96. The van der Waals surface area contributed by atoms with E-state index in [2.05, 4.69) is 0 Å². The Kier molecular flexibility index (Phi) is 6.80. The molecule has 2 aromatic heterocycles. The number of phenolic OH excluding ortho intramolecular Hbond substituents is 1. The normalized spacial score (nSPS) is 12.0. The van der Waals surface area contributed by atoms with Crippen LogP contribution in [0.4, 0.5) is 0 Å². The summed E-state index contributed by atoms with van der Waals surface area (Å²) in [6, 6.07) is 12.9. The number of methoxy groups -OCH3 is 2. The first kappa shape index (κ1) is 23.7. The van der Waals surface area contributed by atoms with E-state index >= 15 is 0 Å². The van der Waals surface area contributed by atoms with Gasteiger partial charge >= 0.3 is 11.3 Å². The summed E-state index contributed by atoms with van der Waals surface area (Å²) in [6.45, 7) is 0.425. The van der Waals surface area contributed by atoms with Gasteiger partial charge in [-0.15, -0.1) is 0 Å². The molecule has 0 radical (unpaired) electrons. The fourth-order valence-electron chi connectivity index (χ4n) is 3.97. The SMILES string of the molecule is COCC[N+]([O-])(CCOC)Cc1c(O)ccc2c(-c3cc4ccccc4oc3=O)cc(=O)oc12. The van der Waals surface area contributed by atoms with Crippen LogP contribution in [0.3, 0.4) is 0 Å². The van der Waals surface area contributed by atoms with Crippen molar-refractivity contribution in [3.05, 3.63) is 80.1 Å². The molecule has 0 unspecified atom stereocenters. The minimum atomic E-state index is -0.763. The maximum atomic E-state index is 13.5. The number of aromatic hydroxyl groups is 1. The van der Waals surface area contributed by atoms with Crippen LogP contribution < -0.4 is 11.3 Å². The second-order valence-electron chi connectivity index (χ2n) is 8.05. The lowest BCUT2D eigenvalue weighted by atomic mass is 9.99. The van der Waals surface area contributed by atoms with Gasteiger partial charge in [-0.25, -0.2) is 9.59 Å². The number of quaternary nitrogens is 1. The first-order valence-corrected chi connectivity index (χ1v) is 10.7. The number of hydrogen-bond donors (Lipinski definition) is 1. The quantitative estimate of drug-likeness (QED) is 0.226. The van der Waals surface area contributed by atoms with E-state index in [9.17, 15) is 19.9 Å². The van der Waals surface area contributed by atoms with Crippen molar-refractivity contribution in [1.82, 2.24) is 0 Å². The van der Waals surface area contributed by atoms with Gasteiger partial charge in [0, 0.05) is 36.6 Å². The van der Waals surface area contributed by atoms with Crippen molar-refractivity contribution in [3.63, 3.8) is 0 Å². The number of rotatable bonds is 9. The van der Waals surface area contributed by atoms with E-state index in [1.54, 1.807) is 30.3 Å². The summed E-state index contributed by atoms with van der Waals surface area (Å²) < 4.78 is 20.3. The van der Waals surface area contributed by atoms with Gasteiger partial charge in [0.2, 0.25) is 0 Å². The van der Waals surface area contributed by atoms with Gasteiger partial charge in [0.15, 0.2) is 5.58 Å². The van der Waals surface area contributed by atoms with E-state index in [1.807, 2.05) is 6.07 Å². The highest BCUT2D eigenvalue weighted by Gasteiger charge is 2.24. The van der Waals surface area contributed by atoms with E-state index < -0.39 is 15.9 Å². The molecule has 0 amide bonds. The lowest BCUT2D eigenvalue weighted by Crippen LogP contribution is -2.46. The first-order chi connectivity index (χ1) is 16.3. The third-order valence-corrected chi connectivity index (χ3v) is 5.77. The Morgan fingerprint density at radius 1 is 0.941 bits per heavy atom. The molecule has 178 valence electrons. The van der Waals surface area contributed by atoms with Crippen LogP contribution >= 0.6 is 0 Å². The zero-order valence-electron chi connectivity index (χ0n) is 18.9. The van der Waals surface area contributed by atoms with Crippen molar-refractivity contribution in [2.24, 2.45) is 0 Å². The Bertz CT molecular complexity index is 1430. The number of hydroxylamine groups is 3. The van der Waals surface area contributed by atoms with E-state index in [-0.39, 0.29) is 55.3 Å². The molecular weight excluding hydrogens is 442 g/mol. The summed E-state index contributed by atoms with van der Waals surface area (Å²) in [7, 11) is 2.99. The zero-order chi connectivity index (χ0) is 24.3. The zero-order valence-corrected chi connectivity index (χ0v) is 18.9. The van der Waals surface area contributed by atoms with Gasteiger partial charge < -0.3 is 33.3 Å². The number of para-hydroxylation sites is 1. The molecule has 0 aliphatic rings. The monoisotopic (exact) mass is 467 g/mol. The lowest BCUT2D eigenvalue weighted by Gasteiger charge is -2.42. The van der Waals surface area contributed by atoms with Gasteiger partial charge in [-0.05, 0) is 24.3 Å². The molecule has 0 atom stereocenters. The number of phenols is 1. The molecule has 2 heterocycles.